The SMILES string of the molecule is OC(c1ccccc1Br)C1CCCCCC1. The van der Waals surface area contributed by atoms with Gasteiger partial charge in [0, 0.05) is 4.47 Å². The lowest BCUT2D eigenvalue weighted by molar-refractivity contribution is 0.0981. The molecule has 1 unspecified atom stereocenters. The highest BCUT2D eigenvalue weighted by Crippen LogP contribution is 2.35. The molecule has 1 atom stereocenters. The van der Waals surface area contributed by atoms with Crippen molar-refractivity contribution in [3.63, 3.8) is 0 Å². The number of hydrogen-bond donors (Lipinski definition) is 1. The van der Waals surface area contributed by atoms with Crippen LogP contribution in [-0.4, -0.2) is 5.11 Å². The molecule has 0 aromatic heterocycles. The molecular formula is C14H19BrO. The number of benzene rings is 1. The van der Waals surface area contributed by atoms with Crippen molar-refractivity contribution < 1.29 is 5.11 Å². The lowest BCUT2D eigenvalue weighted by Crippen LogP contribution is -2.12. The number of hydrogen-bond acceptors (Lipinski definition) is 1. The standard InChI is InChI=1S/C14H19BrO/c15-13-10-6-5-9-12(13)14(16)11-7-3-1-2-4-8-11/h5-6,9-11,14,16H,1-4,7-8H2. The van der Waals surface area contributed by atoms with Gasteiger partial charge < -0.3 is 5.11 Å². The summed E-state index contributed by atoms with van der Waals surface area (Å²) in [4.78, 5) is 0. The van der Waals surface area contributed by atoms with Gasteiger partial charge in [-0.15, -0.1) is 0 Å². The fraction of sp³-hybridized carbons (Fsp3) is 0.571. The summed E-state index contributed by atoms with van der Waals surface area (Å²) in [6, 6.07) is 8.03. The Morgan fingerprint density at radius 2 is 1.69 bits per heavy atom. The maximum Gasteiger partial charge on any atom is 0.0829 e. The van der Waals surface area contributed by atoms with Gasteiger partial charge in [0.15, 0.2) is 0 Å². The van der Waals surface area contributed by atoms with Crippen LogP contribution in [0.15, 0.2) is 28.7 Å². The number of aliphatic hydroxyl groups excluding tert-OH is 1. The van der Waals surface area contributed by atoms with Crippen LogP contribution < -0.4 is 0 Å². The second-order valence-electron chi connectivity index (χ2n) is 4.72. The van der Waals surface area contributed by atoms with Crippen molar-refractivity contribution in [1.29, 1.82) is 0 Å². The molecule has 1 fully saturated rings. The first-order valence-electron chi connectivity index (χ1n) is 6.21. The Morgan fingerprint density at radius 3 is 2.31 bits per heavy atom. The minimum Gasteiger partial charge on any atom is -0.388 e. The molecule has 0 spiro atoms. The van der Waals surface area contributed by atoms with E-state index in [0.29, 0.717) is 5.92 Å². The van der Waals surface area contributed by atoms with Gasteiger partial charge in [0.2, 0.25) is 0 Å². The van der Waals surface area contributed by atoms with Gasteiger partial charge in [-0.05, 0) is 30.4 Å². The number of aliphatic hydroxyl groups is 1. The van der Waals surface area contributed by atoms with Crippen LogP contribution in [0.3, 0.4) is 0 Å². The van der Waals surface area contributed by atoms with Crippen LogP contribution in [0.4, 0.5) is 0 Å². The third-order valence-corrected chi connectivity index (χ3v) is 4.29. The summed E-state index contributed by atoms with van der Waals surface area (Å²) in [7, 11) is 0. The second kappa shape index (κ2) is 5.83. The molecule has 1 aromatic carbocycles. The Balaban J connectivity index is 2.11. The van der Waals surface area contributed by atoms with E-state index in [9.17, 15) is 5.11 Å². The molecular weight excluding hydrogens is 264 g/mol. The number of rotatable bonds is 2. The van der Waals surface area contributed by atoms with Gasteiger partial charge in [-0.2, -0.15) is 0 Å². The lowest BCUT2D eigenvalue weighted by atomic mass is 9.89. The number of halogens is 1. The van der Waals surface area contributed by atoms with E-state index in [4.69, 9.17) is 0 Å². The molecule has 0 heterocycles. The molecule has 1 aliphatic rings. The zero-order chi connectivity index (χ0) is 11.4. The third-order valence-electron chi connectivity index (χ3n) is 3.57. The van der Waals surface area contributed by atoms with Crippen LogP contribution in [-0.2, 0) is 0 Å². The highest BCUT2D eigenvalue weighted by Gasteiger charge is 2.23. The smallest absolute Gasteiger partial charge is 0.0829 e. The van der Waals surface area contributed by atoms with Crippen molar-refractivity contribution in [2.45, 2.75) is 44.6 Å². The summed E-state index contributed by atoms with van der Waals surface area (Å²) in [5, 5.41) is 10.4. The van der Waals surface area contributed by atoms with Crippen molar-refractivity contribution >= 4 is 15.9 Å². The second-order valence-corrected chi connectivity index (χ2v) is 5.57. The van der Waals surface area contributed by atoms with E-state index in [0.717, 1.165) is 10.0 Å². The molecule has 1 nitrogen and oxygen atoms in total. The van der Waals surface area contributed by atoms with Gasteiger partial charge >= 0.3 is 0 Å². The third kappa shape index (κ3) is 2.86. The van der Waals surface area contributed by atoms with Crippen LogP contribution in [0.25, 0.3) is 0 Å². The highest BCUT2D eigenvalue weighted by molar-refractivity contribution is 9.10. The van der Waals surface area contributed by atoms with Crippen LogP contribution in [0.1, 0.15) is 50.2 Å². The van der Waals surface area contributed by atoms with E-state index >= 15 is 0 Å². The first-order chi connectivity index (χ1) is 7.79. The van der Waals surface area contributed by atoms with Gasteiger partial charge in [-0.3, -0.25) is 0 Å². The lowest BCUT2D eigenvalue weighted by Gasteiger charge is -2.22. The fourth-order valence-corrected chi connectivity index (χ4v) is 3.11. The van der Waals surface area contributed by atoms with E-state index in [2.05, 4.69) is 15.9 Å². The Kier molecular flexibility index (Phi) is 4.42. The quantitative estimate of drug-likeness (QED) is 0.795. The van der Waals surface area contributed by atoms with E-state index in [1.165, 1.54) is 38.5 Å². The Labute approximate surface area is 106 Å². The monoisotopic (exact) mass is 282 g/mol. The minimum atomic E-state index is -0.298. The average Bonchev–Trinajstić information content (AvgIpc) is 2.57. The van der Waals surface area contributed by atoms with Crippen molar-refractivity contribution in [3.05, 3.63) is 34.3 Å². The predicted octanol–water partition coefficient (Wildman–Crippen LogP) is 4.45. The Morgan fingerprint density at radius 1 is 1.06 bits per heavy atom. The molecule has 1 aliphatic carbocycles. The molecule has 0 amide bonds. The summed E-state index contributed by atoms with van der Waals surface area (Å²) < 4.78 is 1.03. The summed E-state index contributed by atoms with van der Waals surface area (Å²) in [5.41, 5.74) is 1.05. The molecule has 1 aromatic rings. The molecule has 0 saturated heterocycles. The molecule has 88 valence electrons. The molecule has 0 radical (unpaired) electrons. The first kappa shape index (κ1) is 12.1. The molecule has 2 rings (SSSR count). The molecule has 16 heavy (non-hydrogen) atoms. The maximum atomic E-state index is 10.4. The average molecular weight is 283 g/mol. The van der Waals surface area contributed by atoms with Gasteiger partial charge in [0.1, 0.15) is 0 Å². The van der Waals surface area contributed by atoms with Crippen molar-refractivity contribution in [3.8, 4) is 0 Å². The highest BCUT2D eigenvalue weighted by atomic mass is 79.9. The predicted molar refractivity (Wildman–Crippen MR) is 70.3 cm³/mol. The normalized spacial score (nSPS) is 20.4. The van der Waals surface area contributed by atoms with Gasteiger partial charge in [0.25, 0.3) is 0 Å². The van der Waals surface area contributed by atoms with E-state index in [1.807, 2.05) is 24.3 Å². The van der Waals surface area contributed by atoms with Crippen LogP contribution in [0, 0.1) is 5.92 Å². The van der Waals surface area contributed by atoms with Crippen LogP contribution in [0.5, 0.6) is 0 Å². The molecule has 0 aliphatic heterocycles. The van der Waals surface area contributed by atoms with Crippen molar-refractivity contribution in [1.82, 2.24) is 0 Å². The van der Waals surface area contributed by atoms with E-state index < -0.39 is 0 Å². The molecule has 0 bridgehead atoms. The first-order valence-corrected chi connectivity index (χ1v) is 7.01. The van der Waals surface area contributed by atoms with Crippen LogP contribution in [0.2, 0.25) is 0 Å². The Hall–Kier alpha value is -0.340. The molecule has 2 heteroatoms. The maximum absolute atomic E-state index is 10.4. The molecule has 1 N–H and O–H groups in total. The van der Waals surface area contributed by atoms with Crippen molar-refractivity contribution in [2.24, 2.45) is 5.92 Å². The van der Waals surface area contributed by atoms with E-state index in [-0.39, 0.29) is 6.10 Å². The fourth-order valence-electron chi connectivity index (χ4n) is 2.60. The minimum absolute atomic E-state index is 0.298. The largest absolute Gasteiger partial charge is 0.388 e. The zero-order valence-corrected chi connectivity index (χ0v) is 11.1. The van der Waals surface area contributed by atoms with Crippen molar-refractivity contribution in [2.75, 3.05) is 0 Å². The zero-order valence-electron chi connectivity index (χ0n) is 9.53. The van der Waals surface area contributed by atoms with Gasteiger partial charge in [-0.1, -0.05) is 59.8 Å². The van der Waals surface area contributed by atoms with Crippen LogP contribution >= 0.6 is 15.9 Å². The van der Waals surface area contributed by atoms with E-state index in [1.54, 1.807) is 0 Å². The summed E-state index contributed by atoms with van der Waals surface area (Å²) in [6.07, 6.45) is 7.25. The van der Waals surface area contributed by atoms with Gasteiger partial charge in [0.05, 0.1) is 6.10 Å². The summed E-state index contributed by atoms with van der Waals surface area (Å²) >= 11 is 3.52. The topological polar surface area (TPSA) is 20.2 Å². The Bertz CT molecular complexity index is 329. The molecule has 1 saturated carbocycles. The summed E-state index contributed by atoms with van der Waals surface area (Å²) in [5.74, 6) is 0.446. The summed E-state index contributed by atoms with van der Waals surface area (Å²) in [6.45, 7) is 0. The van der Waals surface area contributed by atoms with Gasteiger partial charge in [-0.25, -0.2) is 0 Å².